The second-order valence-electron chi connectivity index (χ2n) is 7.49. The molecule has 0 saturated carbocycles. The number of benzene rings is 3. The summed E-state index contributed by atoms with van der Waals surface area (Å²) in [5, 5.41) is 9.26. The van der Waals surface area contributed by atoms with Crippen molar-refractivity contribution in [2.75, 3.05) is 0 Å². The topological polar surface area (TPSA) is 65.1 Å². The van der Waals surface area contributed by atoms with Gasteiger partial charge in [0.15, 0.2) is 5.82 Å². The zero-order chi connectivity index (χ0) is 22.2. The van der Waals surface area contributed by atoms with E-state index in [9.17, 15) is 4.79 Å². The zero-order valence-electron chi connectivity index (χ0n) is 17.4. The fraction of sp³-hybridized carbons (Fsp3) is 0. The molecule has 0 aliphatic carbocycles. The molecule has 6 aromatic rings. The Morgan fingerprint density at radius 3 is 2.06 bits per heavy atom. The van der Waals surface area contributed by atoms with Crippen molar-refractivity contribution < 1.29 is 0 Å². The molecule has 3 aromatic heterocycles. The van der Waals surface area contributed by atoms with Gasteiger partial charge in [-0.3, -0.25) is 4.79 Å². The van der Waals surface area contributed by atoms with Crippen molar-refractivity contribution in [3.8, 4) is 28.3 Å². The standard InChI is InChI=1S/C26H17N5OS/c32-25-22(33-26-27-24(29-31(25)26)19-12-6-2-7-13-19)16-20-17-30(21-14-8-3-9-15-21)28-23(20)18-10-4-1-5-11-18/h1-17H/b22-16-. The fourth-order valence-corrected chi connectivity index (χ4v) is 4.61. The van der Waals surface area contributed by atoms with Gasteiger partial charge in [0.1, 0.15) is 0 Å². The predicted molar refractivity (Wildman–Crippen MR) is 130 cm³/mol. The van der Waals surface area contributed by atoms with Gasteiger partial charge < -0.3 is 0 Å². The van der Waals surface area contributed by atoms with Crippen LogP contribution in [0, 0.1) is 0 Å². The van der Waals surface area contributed by atoms with Gasteiger partial charge in [-0.1, -0.05) is 90.2 Å². The molecule has 0 unspecified atom stereocenters. The maximum Gasteiger partial charge on any atom is 0.291 e. The number of para-hydroxylation sites is 1. The lowest BCUT2D eigenvalue weighted by Crippen LogP contribution is -2.23. The summed E-state index contributed by atoms with van der Waals surface area (Å²) in [6.07, 6.45) is 3.82. The Bertz CT molecular complexity index is 1670. The number of hydrogen-bond donors (Lipinski definition) is 0. The molecular weight excluding hydrogens is 430 g/mol. The Kier molecular flexibility index (Phi) is 4.66. The van der Waals surface area contributed by atoms with Crippen LogP contribution in [0.5, 0.6) is 0 Å². The molecule has 33 heavy (non-hydrogen) atoms. The van der Waals surface area contributed by atoms with E-state index < -0.39 is 0 Å². The molecule has 0 atom stereocenters. The second-order valence-corrected chi connectivity index (χ2v) is 8.50. The highest BCUT2D eigenvalue weighted by Crippen LogP contribution is 2.24. The molecule has 0 N–H and O–H groups in total. The van der Waals surface area contributed by atoms with E-state index in [0.717, 1.165) is 28.1 Å². The summed E-state index contributed by atoms with van der Waals surface area (Å²) in [6.45, 7) is 0. The summed E-state index contributed by atoms with van der Waals surface area (Å²) >= 11 is 1.33. The molecule has 158 valence electrons. The van der Waals surface area contributed by atoms with E-state index in [-0.39, 0.29) is 5.56 Å². The van der Waals surface area contributed by atoms with E-state index in [1.54, 1.807) is 0 Å². The quantitative estimate of drug-likeness (QED) is 0.406. The van der Waals surface area contributed by atoms with Gasteiger partial charge in [-0.2, -0.15) is 14.6 Å². The smallest absolute Gasteiger partial charge is 0.266 e. The van der Waals surface area contributed by atoms with Crippen LogP contribution in [0.15, 0.2) is 102 Å². The van der Waals surface area contributed by atoms with Gasteiger partial charge in [0.2, 0.25) is 4.96 Å². The molecule has 0 bridgehead atoms. The van der Waals surface area contributed by atoms with E-state index in [2.05, 4.69) is 10.1 Å². The first kappa shape index (κ1) is 19.3. The Morgan fingerprint density at radius 2 is 1.39 bits per heavy atom. The first-order valence-electron chi connectivity index (χ1n) is 10.4. The van der Waals surface area contributed by atoms with Crippen LogP contribution in [0.3, 0.4) is 0 Å². The summed E-state index contributed by atoms with van der Waals surface area (Å²) in [7, 11) is 0. The summed E-state index contributed by atoms with van der Waals surface area (Å²) < 4.78 is 3.78. The van der Waals surface area contributed by atoms with Crippen LogP contribution >= 0.6 is 11.3 Å². The molecule has 6 rings (SSSR count). The minimum atomic E-state index is -0.184. The number of nitrogens with zero attached hydrogens (tertiary/aromatic N) is 5. The molecule has 3 aromatic carbocycles. The molecule has 3 heterocycles. The Morgan fingerprint density at radius 1 is 0.758 bits per heavy atom. The lowest BCUT2D eigenvalue weighted by Gasteiger charge is -2.00. The van der Waals surface area contributed by atoms with Crippen molar-refractivity contribution in [1.82, 2.24) is 24.4 Å². The number of aromatic nitrogens is 5. The maximum atomic E-state index is 13.1. The normalized spacial score (nSPS) is 11.9. The SMILES string of the molecule is O=c1/c(=C/c2cn(-c3ccccc3)nc2-c2ccccc2)sc2nc(-c3ccccc3)nn12. The number of thiazole rings is 1. The van der Waals surface area contributed by atoms with Crippen molar-refractivity contribution in [1.29, 1.82) is 0 Å². The number of rotatable bonds is 4. The highest BCUT2D eigenvalue weighted by atomic mass is 32.1. The first-order valence-corrected chi connectivity index (χ1v) is 11.3. The third-order valence-corrected chi connectivity index (χ3v) is 6.27. The van der Waals surface area contributed by atoms with Crippen molar-refractivity contribution in [2.24, 2.45) is 0 Å². The summed E-state index contributed by atoms with van der Waals surface area (Å²) in [5.41, 5.74) is 4.30. The van der Waals surface area contributed by atoms with Crippen LogP contribution < -0.4 is 10.1 Å². The highest BCUT2D eigenvalue weighted by molar-refractivity contribution is 7.15. The second kappa shape index (κ2) is 7.96. The van der Waals surface area contributed by atoms with Gasteiger partial charge in [0.25, 0.3) is 5.56 Å². The Balaban J connectivity index is 1.50. The minimum absolute atomic E-state index is 0.184. The number of fused-ring (bicyclic) bond motifs is 1. The van der Waals surface area contributed by atoms with E-state index in [1.165, 1.54) is 15.9 Å². The third-order valence-electron chi connectivity index (χ3n) is 5.31. The monoisotopic (exact) mass is 447 g/mol. The molecule has 0 fully saturated rings. The molecule has 0 aliphatic rings. The summed E-state index contributed by atoms with van der Waals surface area (Å²) in [6, 6.07) is 29.5. The first-order chi connectivity index (χ1) is 16.3. The van der Waals surface area contributed by atoms with E-state index >= 15 is 0 Å². The molecule has 7 heteroatoms. The lowest BCUT2D eigenvalue weighted by atomic mass is 10.1. The predicted octanol–water partition coefficient (Wildman–Crippen LogP) is 4.22. The zero-order valence-corrected chi connectivity index (χ0v) is 18.2. The van der Waals surface area contributed by atoms with Crippen molar-refractivity contribution in [3.63, 3.8) is 0 Å². The molecule has 0 saturated heterocycles. The van der Waals surface area contributed by atoms with Crippen LogP contribution in [0.2, 0.25) is 0 Å². The molecule has 0 spiro atoms. The van der Waals surface area contributed by atoms with E-state index in [4.69, 9.17) is 5.10 Å². The third kappa shape index (κ3) is 3.54. The lowest BCUT2D eigenvalue weighted by molar-refractivity contribution is 0.884. The minimum Gasteiger partial charge on any atom is -0.266 e. The van der Waals surface area contributed by atoms with Gasteiger partial charge in [-0.15, -0.1) is 5.10 Å². The molecule has 0 aliphatic heterocycles. The van der Waals surface area contributed by atoms with E-state index in [1.807, 2.05) is 108 Å². The molecule has 0 amide bonds. The number of hydrogen-bond acceptors (Lipinski definition) is 5. The van der Waals surface area contributed by atoms with Crippen LogP contribution in [0.25, 0.3) is 39.4 Å². The van der Waals surface area contributed by atoms with Crippen LogP contribution in [-0.4, -0.2) is 24.4 Å². The largest absolute Gasteiger partial charge is 0.291 e. The summed E-state index contributed by atoms with van der Waals surface area (Å²) in [4.78, 5) is 18.3. The van der Waals surface area contributed by atoms with Crippen molar-refractivity contribution in [3.05, 3.63) is 118 Å². The molecular formula is C26H17N5OS. The van der Waals surface area contributed by atoms with Gasteiger partial charge >= 0.3 is 0 Å². The van der Waals surface area contributed by atoms with Crippen molar-refractivity contribution in [2.45, 2.75) is 0 Å². The van der Waals surface area contributed by atoms with Gasteiger partial charge in [0.05, 0.1) is 15.9 Å². The Labute approximate surface area is 192 Å². The Hall–Kier alpha value is -4.36. The highest BCUT2D eigenvalue weighted by Gasteiger charge is 2.14. The molecule has 6 nitrogen and oxygen atoms in total. The van der Waals surface area contributed by atoms with Gasteiger partial charge in [-0.25, -0.2) is 4.68 Å². The average molecular weight is 448 g/mol. The van der Waals surface area contributed by atoms with Crippen LogP contribution in [-0.2, 0) is 0 Å². The van der Waals surface area contributed by atoms with Crippen LogP contribution in [0.1, 0.15) is 5.56 Å². The van der Waals surface area contributed by atoms with Crippen LogP contribution in [0.4, 0.5) is 0 Å². The van der Waals surface area contributed by atoms with Gasteiger partial charge in [-0.05, 0) is 18.2 Å². The van der Waals surface area contributed by atoms with Gasteiger partial charge in [0, 0.05) is 22.9 Å². The summed E-state index contributed by atoms with van der Waals surface area (Å²) in [5.74, 6) is 0.548. The van der Waals surface area contributed by atoms with Crippen molar-refractivity contribution >= 4 is 22.4 Å². The maximum absolute atomic E-state index is 13.1. The molecule has 0 radical (unpaired) electrons. The average Bonchev–Trinajstić information content (AvgIpc) is 3.56. The van der Waals surface area contributed by atoms with E-state index in [0.29, 0.717) is 15.3 Å². The fourth-order valence-electron chi connectivity index (χ4n) is 3.71.